The van der Waals surface area contributed by atoms with Gasteiger partial charge in [-0.25, -0.2) is 4.98 Å². The SMILES string of the molecule is CCCN(CCN(C)C)c1cc([N+](=O)[O-])cc(N)n1. The highest BCUT2D eigenvalue weighted by molar-refractivity contribution is 5.54. The zero-order valence-corrected chi connectivity index (χ0v) is 11.7. The topological polar surface area (TPSA) is 88.5 Å². The normalized spacial score (nSPS) is 10.7. The zero-order valence-electron chi connectivity index (χ0n) is 11.7. The third-order valence-electron chi connectivity index (χ3n) is 2.66. The van der Waals surface area contributed by atoms with E-state index in [9.17, 15) is 10.1 Å². The standard InChI is InChI=1S/C12H21N5O2/c1-4-5-16(7-6-15(2)3)12-9-10(17(18)19)8-11(13)14-12/h8-9H,4-7H2,1-3H3,(H2,13,14). The van der Waals surface area contributed by atoms with E-state index >= 15 is 0 Å². The molecule has 106 valence electrons. The van der Waals surface area contributed by atoms with Gasteiger partial charge < -0.3 is 15.5 Å². The van der Waals surface area contributed by atoms with Crippen LogP contribution in [0, 0.1) is 10.1 Å². The maximum absolute atomic E-state index is 10.8. The van der Waals surface area contributed by atoms with Gasteiger partial charge in [0.25, 0.3) is 5.69 Å². The summed E-state index contributed by atoms with van der Waals surface area (Å²) in [5, 5.41) is 10.8. The van der Waals surface area contributed by atoms with Crippen molar-refractivity contribution in [2.75, 3.05) is 44.4 Å². The van der Waals surface area contributed by atoms with Crippen molar-refractivity contribution in [1.29, 1.82) is 0 Å². The summed E-state index contributed by atoms with van der Waals surface area (Å²) in [5.41, 5.74) is 5.61. The molecule has 0 aliphatic carbocycles. The van der Waals surface area contributed by atoms with Gasteiger partial charge in [-0.05, 0) is 20.5 Å². The quantitative estimate of drug-likeness (QED) is 0.592. The Balaban J connectivity index is 2.97. The number of likely N-dealkylation sites (N-methyl/N-ethyl adjacent to an activating group) is 1. The number of hydrogen-bond donors (Lipinski definition) is 1. The van der Waals surface area contributed by atoms with E-state index in [0.717, 1.165) is 26.1 Å². The highest BCUT2D eigenvalue weighted by Gasteiger charge is 2.14. The molecule has 0 fully saturated rings. The number of nitrogen functional groups attached to an aromatic ring is 1. The van der Waals surface area contributed by atoms with Gasteiger partial charge in [-0.1, -0.05) is 6.92 Å². The largest absolute Gasteiger partial charge is 0.383 e. The summed E-state index contributed by atoms with van der Waals surface area (Å²) in [6.45, 7) is 4.46. The molecule has 0 saturated heterocycles. The lowest BCUT2D eigenvalue weighted by atomic mass is 10.3. The van der Waals surface area contributed by atoms with E-state index in [0.29, 0.717) is 5.82 Å². The van der Waals surface area contributed by atoms with Gasteiger partial charge in [0.2, 0.25) is 0 Å². The lowest BCUT2D eigenvalue weighted by Crippen LogP contribution is -2.33. The van der Waals surface area contributed by atoms with Crippen LogP contribution in [0.1, 0.15) is 13.3 Å². The second kappa shape index (κ2) is 6.89. The number of nitrogens with two attached hydrogens (primary N) is 1. The Bertz CT molecular complexity index is 436. The summed E-state index contributed by atoms with van der Waals surface area (Å²) in [5.74, 6) is 0.741. The molecule has 2 N–H and O–H groups in total. The van der Waals surface area contributed by atoms with Crippen LogP contribution in [0.3, 0.4) is 0 Å². The Labute approximate surface area is 113 Å². The molecule has 0 radical (unpaired) electrons. The first-order valence-electron chi connectivity index (χ1n) is 6.25. The number of pyridine rings is 1. The minimum absolute atomic E-state index is 0.0199. The first-order valence-corrected chi connectivity index (χ1v) is 6.25. The molecule has 1 rings (SSSR count). The van der Waals surface area contributed by atoms with Crippen LogP contribution in [0.4, 0.5) is 17.3 Å². The van der Waals surface area contributed by atoms with Crippen LogP contribution >= 0.6 is 0 Å². The Hall–Kier alpha value is -1.89. The molecule has 0 unspecified atom stereocenters. The molecule has 7 heteroatoms. The van der Waals surface area contributed by atoms with Crippen LogP contribution in [0.2, 0.25) is 0 Å². The van der Waals surface area contributed by atoms with Crippen molar-refractivity contribution >= 4 is 17.3 Å². The predicted octanol–water partition coefficient (Wildman–Crippen LogP) is 1.35. The average molecular weight is 267 g/mol. The Kier molecular flexibility index (Phi) is 5.50. The molecule has 0 spiro atoms. The van der Waals surface area contributed by atoms with E-state index in [1.165, 1.54) is 12.1 Å². The van der Waals surface area contributed by atoms with E-state index in [1.54, 1.807) is 0 Å². The highest BCUT2D eigenvalue weighted by atomic mass is 16.6. The van der Waals surface area contributed by atoms with E-state index in [4.69, 9.17) is 5.73 Å². The molecule has 1 aromatic rings. The van der Waals surface area contributed by atoms with Crippen LogP contribution in [0.15, 0.2) is 12.1 Å². The van der Waals surface area contributed by atoms with Gasteiger partial charge in [-0.3, -0.25) is 10.1 Å². The van der Waals surface area contributed by atoms with Crippen molar-refractivity contribution in [3.05, 3.63) is 22.2 Å². The predicted molar refractivity (Wildman–Crippen MR) is 76.4 cm³/mol. The third-order valence-corrected chi connectivity index (χ3v) is 2.66. The summed E-state index contributed by atoms with van der Waals surface area (Å²) in [6.07, 6.45) is 0.942. The van der Waals surface area contributed by atoms with E-state index in [-0.39, 0.29) is 11.5 Å². The number of anilines is 2. The maximum atomic E-state index is 10.8. The molecular weight excluding hydrogens is 246 g/mol. The van der Waals surface area contributed by atoms with Gasteiger partial charge in [0, 0.05) is 19.6 Å². The lowest BCUT2D eigenvalue weighted by molar-refractivity contribution is -0.384. The van der Waals surface area contributed by atoms with Crippen molar-refractivity contribution < 1.29 is 4.92 Å². The highest BCUT2D eigenvalue weighted by Crippen LogP contribution is 2.21. The summed E-state index contributed by atoms with van der Waals surface area (Å²) in [7, 11) is 3.97. The molecule has 0 aliphatic rings. The molecule has 1 aromatic heterocycles. The van der Waals surface area contributed by atoms with Crippen molar-refractivity contribution in [1.82, 2.24) is 9.88 Å². The number of nitrogens with zero attached hydrogens (tertiary/aromatic N) is 4. The molecule has 0 aliphatic heterocycles. The Morgan fingerprint density at radius 3 is 2.53 bits per heavy atom. The zero-order chi connectivity index (χ0) is 14.4. The fourth-order valence-corrected chi connectivity index (χ4v) is 1.72. The van der Waals surface area contributed by atoms with Crippen molar-refractivity contribution in [3.63, 3.8) is 0 Å². The minimum atomic E-state index is -0.447. The maximum Gasteiger partial charge on any atom is 0.276 e. The smallest absolute Gasteiger partial charge is 0.276 e. The number of aromatic nitrogens is 1. The van der Waals surface area contributed by atoms with E-state index in [1.807, 2.05) is 19.0 Å². The molecule has 19 heavy (non-hydrogen) atoms. The van der Waals surface area contributed by atoms with Crippen LogP contribution in [-0.4, -0.2) is 48.5 Å². The summed E-state index contributed by atoms with van der Waals surface area (Å²) in [6, 6.07) is 2.75. The average Bonchev–Trinajstić information content (AvgIpc) is 2.33. The first-order chi connectivity index (χ1) is 8.93. The number of rotatable bonds is 7. The van der Waals surface area contributed by atoms with Gasteiger partial charge in [0.1, 0.15) is 11.6 Å². The third kappa shape index (κ3) is 4.70. The molecule has 7 nitrogen and oxygen atoms in total. The van der Waals surface area contributed by atoms with Crippen LogP contribution in [0.25, 0.3) is 0 Å². The summed E-state index contributed by atoms with van der Waals surface area (Å²) in [4.78, 5) is 18.7. The lowest BCUT2D eigenvalue weighted by Gasteiger charge is -2.24. The fraction of sp³-hybridized carbons (Fsp3) is 0.583. The second-order valence-corrected chi connectivity index (χ2v) is 4.66. The van der Waals surface area contributed by atoms with Crippen molar-refractivity contribution in [2.24, 2.45) is 0 Å². The molecule has 0 atom stereocenters. The molecule has 0 bridgehead atoms. The van der Waals surface area contributed by atoms with Gasteiger partial charge >= 0.3 is 0 Å². The van der Waals surface area contributed by atoms with Gasteiger partial charge in [-0.2, -0.15) is 0 Å². The first kappa shape index (κ1) is 15.2. The molecule has 0 amide bonds. The second-order valence-electron chi connectivity index (χ2n) is 4.66. The monoisotopic (exact) mass is 267 g/mol. The van der Waals surface area contributed by atoms with Crippen molar-refractivity contribution in [2.45, 2.75) is 13.3 Å². The van der Waals surface area contributed by atoms with Crippen molar-refractivity contribution in [3.8, 4) is 0 Å². The number of hydrogen-bond acceptors (Lipinski definition) is 6. The van der Waals surface area contributed by atoms with Gasteiger partial charge in [-0.15, -0.1) is 0 Å². The molecular formula is C12H21N5O2. The van der Waals surface area contributed by atoms with Crippen LogP contribution < -0.4 is 10.6 Å². The fourth-order valence-electron chi connectivity index (χ4n) is 1.72. The van der Waals surface area contributed by atoms with Gasteiger partial charge in [0.15, 0.2) is 0 Å². The van der Waals surface area contributed by atoms with Crippen LogP contribution in [0.5, 0.6) is 0 Å². The molecule has 0 saturated carbocycles. The van der Waals surface area contributed by atoms with E-state index in [2.05, 4.69) is 16.8 Å². The summed E-state index contributed by atoms with van der Waals surface area (Å²) < 4.78 is 0. The minimum Gasteiger partial charge on any atom is -0.383 e. The molecule has 0 aromatic carbocycles. The number of nitro groups is 1. The van der Waals surface area contributed by atoms with Crippen LogP contribution in [-0.2, 0) is 0 Å². The Morgan fingerprint density at radius 2 is 2.00 bits per heavy atom. The van der Waals surface area contributed by atoms with Gasteiger partial charge in [0.05, 0.1) is 17.1 Å². The molecule has 1 heterocycles. The summed E-state index contributed by atoms with van der Waals surface area (Å²) >= 11 is 0. The Morgan fingerprint density at radius 1 is 1.32 bits per heavy atom. The van der Waals surface area contributed by atoms with E-state index < -0.39 is 4.92 Å².